The molecule has 4 aliphatic heterocycles. The predicted molar refractivity (Wildman–Crippen MR) is 148 cm³/mol. The van der Waals surface area contributed by atoms with Crippen LogP contribution < -0.4 is 31.3 Å². The Bertz CT molecular complexity index is 1430. The second-order valence-electron chi connectivity index (χ2n) is 11.6. The molecule has 14 nitrogen and oxygen atoms in total. The van der Waals surface area contributed by atoms with Crippen LogP contribution in [0.4, 0.5) is 0 Å². The van der Waals surface area contributed by atoms with E-state index in [0.29, 0.717) is 23.6 Å². The van der Waals surface area contributed by atoms with Gasteiger partial charge in [0.15, 0.2) is 23.3 Å². The highest BCUT2D eigenvalue weighted by Crippen LogP contribution is 2.41. The average Bonchev–Trinajstić information content (AvgIpc) is 3.43. The van der Waals surface area contributed by atoms with E-state index in [-0.39, 0.29) is 42.0 Å². The van der Waals surface area contributed by atoms with Crippen molar-refractivity contribution in [1.82, 2.24) is 41.7 Å². The number of rotatable bonds is 5. The number of nitrogens with one attached hydrogen (secondary N) is 7. The van der Waals surface area contributed by atoms with Crippen molar-refractivity contribution >= 4 is 23.7 Å². The maximum absolute atomic E-state index is 13.5. The summed E-state index contributed by atoms with van der Waals surface area (Å²) in [5.74, 6) is -0.306. The molecule has 3 unspecified atom stereocenters. The molecule has 216 valence electrons. The zero-order valence-corrected chi connectivity index (χ0v) is 23.0. The smallest absolute Gasteiger partial charge is 0.271 e. The first-order chi connectivity index (χ1) is 19.5. The quantitative estimate of drug-likeness (QED) is 0.227. The monoisotopic (exact) mass is 562 g/mol. The fourth-order valence-corrected chi connectivity index (χ4v) is 6.31. The third-order valence-corrected chi connectivity index (χ3v) is 8.54. The van der Waals surface area contributed by atoms with Gasteiger partial charge in [0.05, 0.1) is 36.0 Å². The highest BCUT2D eigenvalue weighted by Gasteiger charge is 2.66. The lowest BCUT2D eigenvalue weighted by Gasteiger charge is -2.49. The Morgan fingerprint density at radius 1 is 1.17 bits per heavy atom. The van der Waals surface area contributed by atoms with Crippen LogP contribution in [-0.2, 0) is 5.41 Å². The molecule has 14 heteroatoms. The van der Waals surface area contributed by atoms with Crippen LogP contribution in [0.15, 0.2) is 30.3 Å². The third-order valence-electron chi connectivity index (χ3n) is 8.54. The minimum absolute atomic E-state index is 0.00222. The van der Waals surface area contributed by atoms with Gasteiger partial charge in [-0.3, -0.25) is 20.4 Å². The van der Waals surface area contributed by atoms with E-state index in [1.807, 2.05) is 12.1 Å². The van der Waals surface area contributed by atoms with Crippen molar-refractivity contribution in [2.45, 2.75) is 62.5 Å². The lowest BCUT2D eigenvalue weighted by Crippen LogP contribution is -2.78. The first-order valence-corrected chi connectivity index (χ1v) is 13.6. The Balaban J connectivity index is 1.22. The van der Waals surface area contributed by atoms with Gasteiger partial charge in [-0.1, -0.05) is 26.0 Å². The minimum Gasteiger partial charge on any atom is -0.492 e. The standard InChI is InChI=1S/C27H34N10O4/c1-13-7-8-16(36-35-13)23(40)30-11-17-20-27(34-24(28)33-20)21(38)18(12-37(27)25(29)32-17)31-22(39)14-5-4-6-15-19(14)41-10-9-26(15,2)3/h4-8,17-18,20-21,38H,9-12H2,1-3H3,(H2,29,32)(H,30,40)(H,31,39)(H3,28,33,34)/t17-,18?,20?,21+,27?/m0/s1. The molecule has 6 rings (SSSR count). The molecule has 3 fully saturated rings. The van der Waals surface area contributed by atoms with Crippen molar-refractivity contribution in [3.05, 3.63) is 52.8 Å². The van der Waals surface area contributed by atoms with Crippen molar-refractivity contribution in [1.29, 1.82) is 10.8 Å². The van der Waals surface area contributed by atoms with Crippen LogP contribution in [0.3, 0.4) is 0 Å². The van der Waals surface area contributed by atoms with Gasteiger partial charge in [0.25, 0.3) is 11.8 Å². The molecule has 1 spiro atoms. The van der Waals surface area contributed by atoms with Crippen LogP contribution in [0.25, 0.3) is 0 Å². The van der Waals surface area contributed by atoms with Gasteiger partial charge in [0.1, 0.15) is 11.9 Å². The van der Waals surface area contributed by atoms with Gasteiger partial charge in [-0.05, 0) is 37.0 Å². The SMILES string of the molecule is Cc1ccc(C(=O)NC[C@@H]2NC(=N)N3CC(NC(=O)c4cccc5c4OCCC5(C)C)[C@@H](O)C34NC(=N)NC24)nn1. The van der Waals surface area contributed by atoms with Crippen LogP contribution >= 0.6 is 0 Å². The molecule has 41 heavy (non-hydrogen) atoms. The van der Waals surface area contributed by atoms with Gasteiger partial charge in [-0.25, -0.2) is 0 Å². The van der Waals surface area contributed by atoms with E-state index in [2.05, 4.69) is 50.6 Å². The molecule has 5 atom stereocenters. The Labute approximate surface area is 236 Å². The summed E-state index contributed by atoms with van der Waals surface area (Å²) in [6, 6.07) is 6.80. The number of carbonyl (C=O) groups is 2. The number of hydrogen-bond acceptors (Lipinski definition) is 8. The van der Waals surface area contributed by atoms with Crippen molar-refractivity contribution in [2.24, 2.45) is 0 Å². The molecular weight excluding hydrogens is 528 g/mol. The summed E-state index contributed by atoms with van der Waals surface area (Å²) in [7, 11) is 0. The topological polar surface area (TPSA) is 200 Å². The molecule has 4 aliphatic rings. The number of aromatic nitrogens is 2. The molecule has 0 saturated carbocycles. The Morgan fingerprint density at radius 2 is 1.98 bits per heavy atom. The number of nitrogens with zero attached hydrogens (tertiary/aromatic N) is 3. The van der Waals surface area contributed by atoms with E-state index in [0.717, 1.165) is 12.0 Å². The van der Waals surface area contributed by atoms with Crippen LogP contribution in [0.2, 0.25) is 0 Å². The summed E-state index contributed by atoms with van der Waals surface area (Å²) in [6.07, 6.45) is -0.363. The minimum atomic E-state index is -1.30. The zero-order chi connectivity index (χ0) is 29.1. The number of amides is 2. The summed E-state index contributed by atoms with van der Waals surface area (Å²) < 4.78 is 5.92. The highest BCUT2D eigenvalue weighted by atomic mass is 16.5. The molecule has 0 bridgehead atoms. The molecule has 1 aromatic carbocycles. The van der Waals surface area contributed by atoms with E-state index < -0.39 is 35.8 Å². The number of aliphatic hydroxyl groups excluding tert-OH is 1. The third kappa shape index (κ3) is 4.29. The van der Waals surface area contributed by atoms with Crippen LogP contribution in [0.1, 0.15) is 52.4 Å². The molecule has 0 radical (unpaired) electrons. The van der Waals surface area contributed by atoms with Gasteiger partial charge in [-0.2, -0.15) is 5.10 Å². The number of ether oxygens (including phenoxy) is 1. The first kappa shape index (κ1) is 26.7. The van der Waals surface area contributed by atoms with E-state index in [4.69, 9.17) is 15.6 Å². The summed E-state index contributed by atoms with van der Waals surface area (Å²) in [5, 5.41) is 51.5. The Morgan fingerprint density at radius 3 is 2.73 bits per heavy atom. The van der Waals surface area contributed by atoms with E-state index in [9.17, 15) is 14.7 Å². The first-order valence-electron chi connectivity index (χ1n) is 13.6. The fourth-order valence-electron chi connectivity index (χ4n) is 6.31. The predicted octanol–water partition coefficient (Wildman–Crippen LogP) is -0.851. The van der Waals surface area contributed by atoms with Crippen molar-refractivity contribution in [3.63, 3.8) is 0 Å². The maximum atomic E-state index is 13.5. The largest absolute Gasteiger partial charge is 0.492 e. The van der Waals surface area contributed by atoms with Crippen molar-refractivity contribution < 1.29 is 19.4 Å². The van der Waals surface area contributed by atoms with Crippen molar-refractivity contribution in [3.8, 4) is 5.75 Å². The second-order valence-corrected chi connectivity index (χ2v) is 11.6. The molecule has 2 amide bonds. The molecule has 1 aromatic heterocycles. The number of para-hydroxylation sites is 1. The number of fused-ring (bicyclic) bond motifs is 1. The number of carbonyl (C=O) groups excluding carboxylic acids is 2. The Hall–Kier alpha value is -4.46. The molecule has 5 heterocycles. The molecule has 0 aliphatic carbocycles. The summed E-state index contributed by atoms with van der Waals surface area (Å²) in [4.78, 5) is 27.8. The molecule has 2 aromatic rings. The normalized spacial score (nSPS) is 29.1. The average molecular weight is 563 g/mol. The van der Waals surface area contributed by atoms with Crippen LogP contribution in [0.5, 0.6) is 5.75 Å². The van der Waals surface area contributed by atoms with E-state index in [1.165, 1.54) is 0 Å². The zero-order valence-electron chi connectivity index (χ0n) is 23.0. The second kappa shape index (κ2) is 9.58. The van der Waals surface area contributed by atoms with Gasteiger partial charge in [0.2, 0.25) is 0 Å². The molecule has 3 saturated heterocycles. The summed E-state index contributed by atoms with van der Waals surface area (Å²) in [6.45, 7) is 6.71. The molecular formula is C27H34N10O4. The summed E-state index contributed by atoms with van der Waals surface area (Å²) >= 11 is 0. The fraction of sp³-hybridized carbons (Fsp3) is 0.481. The number of aryl methyl sites for hydroxylation is 1. The van der Waals surface area contributed by atoms with E-state index in [1.54, 1.807) is 30.0 Å². The van der Waals surface area contributed by atoms with Crippen molar-refractivity contribution in [2.75, 3.05) is 19.7 Å². The number of hydrogen-bond donors (Lipinski definition) is 8. The van der Waals surface area contributed by atoms with Gasteiger partial charge >= 0.3 is 0 Å². The van der Waals surface area contributed by atoms with E-state index >= 15 is 0 Å². The number of benzene rings is 1. The highest BCUT2D eigenvalue weighted by molar-refractivity contribution is 5.98. The Kier molecular flexibility index (Phi) is 6.25. The summed E-state index contributed by atoms with van der Waals surface area (Å²) in [5.41, 5.74) is 0.751. The number of aliphatic hydroxyl groups is 1. The van der Waals surface area contributed by atoms with Crippen LogP contribution in [-0.4, -0.2) is 93.5 Å². The maximum Gasteiger partial charge on any atom is 0.271 e. The van der Waals surface area contributed by atoms with Gasteiger partial charge in [-0.15, -0.1) is 5.10 Å². The molecule has 8 N–H and O–H groups in total. The van der Waals surface area contributed by atoms with Gasteiger partial charge < -0.3 is 41.3 Å². The van der Waals surface area contributed by atoms with Crippen LogP contribution in [0, 0.1) is 17.7 Å². The lowest BCUT2D eigenvalue weighted by molar-refractivity contribution is 0.00611. The number of guanidine groups is 2. The van der Waals surface area contributed by atoms with Gasteiger partial charge in [0, 0.05) is 18.7 Å². The lowest BCUT2D eigenvalue weighted by atomic mass is 9.79.